The molecule has 10 rings (SSSR count). The first-order chi connectivity index (χ1) is 27.0. The zero-order valence-electron chi connectivity index (χ0n) is 34.1. The van der Waals surface area contributed by atoms with E-state index in [4.69, 9.17) is 0 Å². The molecule has 2 aliphatic rings. The predicted octanol–water partition coefficient (Wildman–Crippen LogP) is 11.5. The Hall–Kier alpha value is -4.58. The zero-order valence-corrected chi connectivity index (χ0v) is 38.0. The number of hydrogen-bond acceptors (Lipinski definition) is 2. The number of hydrogen-bond donors (Lipinski definition) is 2. The SMILES string of the molecule is CC1=Cc2c(cccc2-n2c3ccccc3c3ccccc32)[CH]1[Zr]([CH3])([CH3])(=[SiH2])[CH]1C(C)=Cc2c1cccc2-n1c2ccccc2c2ccccc21.CNC.CNC. The first-order valence-electron chi connectivity index (χ1n) is 19.9. The fourth-order valence-electron chi connectivity index (χ4n) is 10.5. The number of nitrogens with zero attached hydrogens (tertiary/aromatic N) is 2. The van der Waals surface area contributed by atoms with Gasteiger partial charge in [0.05, 0.1) is 0 Å². The molecule has 2 aliphatic carbocycles. The first kappa shape index (κ1) is 38.3. The Bertz CT molecular complexity index is 2640. The maximum Gasteiger partial charge on any atom is -0.0167 e. The van der Waals surface area contributed by atoms with Gasteiger partial charge in [0, 0.05) is 0 Å². The maximum atomic E-state index is 2.75. The summed E-state index contributed by atoms with van der Waals surface area (Å²) >= 11 is -3.75. The Morgan fingerprint density at radius 1 is 0.446 bits per heavy atom. The van der Waals surface area contributed by atoms with Crippen LogP contribution in [0.2, 0.25) is 9.26 Å². The van der Waals surface area contributed by atoms with Crippen molar-refractivity contribution in [1.82, 2.24) is 19.8 Å². The van der Waals surface area contributed by atoms with Crippen LogP contribution in [0.15, 0.2) is 145 Å². The molecule has 0 spiro atoms. The molecule has 0 aliphatic heterocycles. The average molecular weight is 830 g/mol. The summed E-state index contributed by atoms with van der Waals surface area (Å²) in [6, 6.07) is 49.7. The van der Waals surface area contributed by atoms with Gasteiger partial charge in [-0.15, -0.1) is 0 Å². The van der Waals surface area contributed by atoms with E-state index in [0.29, 0.717) is 7.25 Å². The Labute approximate surface area is 334 Å². The molecule has 6 heteroatoms. The molecule has 282 valence electrons. The molecular weight excluding hydrogens is 776 g/mol. The summed E-state index contributed by atoms with van der Waals surface area (Å²) in [6.07, 6.45) is 5.08. The molecule has 56 heavy (non-hydrogen) atoms. The van der Waals surface area contributed by atoms with Gasteiger partial charge in [0.1, 0.15) is 0 Å². The summed E-state index contributed by atoms with van der Waals surface area (Å²) in [5, 5.41) is 10.7. The summed E-state index contributed by atoms with van der Waals surface area (Å²) in [5.74, 6) is 0. The third-order valence-electron chi connectivity index (χ3n) is 12.0. The standard InChI is InChI=1S/2C22H16N.2C2H7N.2CH3.H2Si.Zr/c2*1-15-13-16-7-6-12-22(19(16)14-15)23-20-10-4-2-8-17(20)18-9-3-5-11-21(18)23;2*1-3-2;;;;/h2*2-14H,1H3;2*3H,1-2H3;2*1H3;1H2;. The topological polar surface area (TPSA) is 33.9 Å². The van der Waals surface area contributed by atoms with Crippen molar-refractivity contribution < 1.29 is 17.4 Å². The molecule has 0 saturated heterocycles. The minimum atomic E-state index is -3.75. The van der Waals surface area contributed by atoms with Gasteiger partial charge in [0.2, 0.25) is 0 Å². The van der Waals surface area contributed by atoms with E-state index in [0.717, 1.165) is 0 Å². The van der Waals surface area contributed by atoms with Crippen molar-refractivity contribution in [3.8, 4) is 11.4 Å². The number of para-hydroxylation sites is 4. The molecule has 2 aromatic heterocycles. The van der Waals surface area contributed by atoms with Crippen molar-refractivity contribution in [3.63, 3.8) is 0 Å². The number of rotatable bonds is 4. The third kappa shape index (κ3) is 5.96. The van der Waals surface area contributed by atoms with E-state index >= 15 is 0 Å². The predicted molar refractivity (Wildman–Crippen MR) is 245 cm³/mol. The van der Waals surface area contributed by atoms with E-state index in [-0.39, 0.29) is 0 Å². The van der Waals surface area contributed by atoms with Gasteiger partial charge in [0.25, 0.3) is 0 Å². The Morgan fingerprint density at radius 2 is 0.732 bits per heavy atom. The van der Waals surface area contributed by atoms with Gasteiger partial charge < -0.3 is 10.6 Å². The normalized spacial score (nSPS) is 16.2. The molecular formula is C50H54N4SiZr. The number of allylic oxidation sites excluding steroid dienone is 2. The van der Waals surface area contributed by atoms with Crippen LogP contribution in [0.25, 0.3) is 67.1 Å². The van der Waals surface area contributed by atoms with Crippen molar-refractivity contribution in [2.24, 2.45) is 0 Å². The van der Waals surface area contributed by atoms with E-state index in [1.54, 1.807) is 0 Å². The number of benzene rings is 6. The fourth-order valence-corrected chi connectivity index (χ4v) is 31.8. The van der Waals surface area contributed by atoms with Gasteiger partial charge in [0.15, 0.2) is 0 Å². The minimum Gasteiger partial charge on any atom is -0.323 e. The van der Waals surface area contributed by atoms with Gasteiger partial charge in [-0.2, -0.15) is 0 Å². The minimum absolute atomic E-state index is 0.453. The van der Waals surface area contributed by atoms with Crippen LogP contribution in [-0.4, -0.2) is 44.2 Å². The second-order valence-electron chi connectivity index (χ2n) is 16.9. The Morgan fingerprint density at radius 3 is 1.04 bits per heavy atom. The van der Waals surface area contributed by atoms with Gasteiger partial charge in [-0.1, -0.05) is 0 Å². The van der Waals surface area contributed by atoms with E-state index in [1.807, 2.05) is 28.2 Å². The van der Waals surface area contributed by atoms with Crippen molar-refractivity contribution in [2.45, 2.75) is 30.4 Å². The molecule has 2 heterocycles. The van der Waals surface area contributed by atoms with Crippen molar-refractivity contribution in [2.75, 3.05) is 28.2 Å². The first-order valence-corrected chi connectivity index (χ1v) is 33.6. The quantitative estimate of drug-likeness (QED) is 0.173. The Balaban J connectivity index is 0.000000694. The van der Waals surface area contributed by atoms with Crippen molar-refractivity contribution in [3.05, 3.63) is 167 Å². The molecule has 8 aromatic rings. The van der Waals surface area contributed by atoms with Crippen LogP contribution in [0.5, 0.6) is 0 Å². The van der Waals surface area contributed by atoms with Gasteiger partial charge >= 0.3 is 298 Å². The van der Waals surface area contributed by atoms with Crippen molar-refractivity contribution >= 4 is 62.6 Å². The summed E-state index contributed by atoms with van der Waals surface area (Å²) in [5.41, 5.74) is 16.6. The third-order valence-corrected chi connectivity index (χ3v) is 30.0. The van der Waals surface area contributed by atoms with Gasteiger partial charge in [-0.05, 0) is 28.2 Å². The summed E-state index contributed by atoms with van der Waals surface area (Å²) in [4.78, 5) is 0. The molecule has 0 saturated carbocycles. The second-order valence-corrected chi connectivity index (χ2v) is 47.4. The summed E-state index contributed by atoms with van der Waals surface area (Å²) in [7, 11) is 7.50. The molecule has 0 radical (unpaired) electrons. The van der Waals surface area contributed by atoms with E-state index in [2.05, 4.69) is 195 Å². The summed E-state index contributed by atoms with van der Waals surface area (Å²) < 4.78 is 11.4. The molecule has 2 atom stereocenters. The van der Waals surface area contributed by atoms with Crippen LogP contribution >= 0.6 is 0 Å². The van der Waals surface area contributed by atoms with Crippen LogP contribution in [0.1, 0.15) is 43.4 Å². The summed E-state index contributed by atoms with van der Waals surface area (Å²) in [6.45, 7) is 7.26. The second kappa shape index (κ2) is 14.7. The molecule has 0 amide bonds. The van der Waals surface area contributed by atoms with E-state index in [9.17, 15) is 0 Å². The monoisotopic (exact) mass is 828 g/mol. The van der Waals surface area contributed by atoms with Crippen molar-refractivity contribution in [1.29, 1.82) is 0 Å². The molecule has 6 aromatic carbocycles. The fraction of sp³-hybridized carbons (Fsp3) is 0.200. The number of aromatic nitrogens is 2. The largest absolute Gasteiger partial charge is 0.323 e. The van der Waals surface area contributed by atoms with Crippen LogP contribution < -0.4 is 10.6 Å². The van der Waals surface area contributed by atoms with Crippen LogP contribution in [0.4, 0.5) is 0 Å². The molecule has 4 nitrogen and oxygen atoms in total. The molecule has 2 N–H and O–H groups in total. The molecule has 2 unspecified atom stereocenters. The van der Waals surface area contributed by atoms with Gasteiger partial charge in [-0.3, -0.25) is 0 Å². The van der Waals surface area contributed by atoms with Crippen LogP contribution in [-0.2, 0) is 17.4 Å². The number of fused-ring (bicyclic) bond motifs is 8. The Kier molecular flexibility index (Phi) is 10.1. The smallest absolute Gasteiger partial charge is 0.0167 e. The van der Waals surface area contributed by atoms with Gasteiger partial charge in [-0.25, -0.2) is 0 Å². The molecule has 0 fully saturated rings. The number of nitrogens with one attached hydrogen (secondary N) is 2. The van der Waals surface area contributed by atoms with E-state index < -0.39 is 17.4 Å². The van der Waals surface area contributed by atoms with E-state index in [1.165, 1.54) is 88.4 Å². The van der Waals surface area contributed by atoms with Crippen LogP contribution in [0, 0.1) is 0 Å². The maximum absolute atomic E-state index is 3.75. The van der Waals surface area contributed by atoms with Crippen LogP contribution in [0.3, 0.4) is 0 Å². The zero-order chi connectivity index (χ0) is 39.4. The average Bonchev–Trinajstić information content (AvgIpc) is 3.92. The molecule has 0 bridgehead atoms.